The number of thioether (sulfide) groups is 1. The van der Waals surface area contributed by atoms with E-state index in [-0.39, 0.29) is 5.91 Å². The highest BCUT2D eigenvalue weighted by Gasteiger charge is 2.17. The van der Waals surface area contributed by atoms with Gasteiger partial charge in [-0.2, -0.15) is 0 Å². The average molecular weight is 511 g/mol. The molecule has 0 unspecified atom stereocenters. The van der Waals surface area contributed by atoms with E-state index in [1.165, 1.54) is 0 Å². The van der Waals surface area contributed by atoms with Crippen LogP contribution >= 0.6 is 11.8 Å². The quantitative estimate of drug-likeness (QED) is 0.243. The molecule has 0 fully saturated rings. The molecular formula is C29H26N4O3S. The molecule has 0 saturated heterocycles. The summed E-state index contributed by atoms with van der Waals surface area (Å²) in [6.07, 6.45) is 1.59. The highest BCUT2D eigenvalue weighted by molar-refractivity contribution is 7.98. The smallest absolute Gasteiger partial charge is 0.251 e. The number of rotatable bonds is 9. The molecule has 0 radical (unpaired) electrons. The summed E-state index contributed by atoms with van der Waals surface area (Å²) in [5, 5.41) is 12.7. The van der Waals surface area contributed by atoms with Crippen molar-refractivity contribution >= 4 is 17.7 Å². The molecule has 1 amide bonds. The number of aromatic nitrogens is 3. The maximum absolute atomic E-state index is 12.5. The van der Waals surface area contributed by atoms with Crippen molar-refractivity contribution in [2.24, 2.45) is 0 Å². The minimum atomic E-state index is -0.141. The average Bonchev–Trinajstić information content (AvgIpc) is 3.61. The number of ether oxygens (including phenoxy) is 1. The Labute approximate surface area is 219 Å². The van der Waals surface area contributed by atoms with Crippen molar-refractivity contribution < 1.29 is 13.9 Å². The number of carbonyl (C=O) groups is 1. The lowest BCUT2D eigenvalue weighted by Gasteiger charge is -2.12. The maximum atomic E-state index is 12.5. The number of carbonyl (C=O) groups excluding carboxylic acids is 1. The molecule has 7 nitrogen and oxygen atoms in total. The molecule has 1 N–H and O–H groups in total. The molecule has 186 valence electrons. The van der Waals surface area contributed by atoms with Crippen molar-refractivity contribution in [3.63, 3.8) is 0 Å². The van der Waals surface area contributed by atoms with E-state index in [9.17, 15) is 4.79 Å². The van der Waals surface area contributed by atoms with Gasteiger partial charge in [0.25, 0.3) is 5.91 Å². The van der Waals surface area contributed by atoms with Crippen LogP contribution in [0.3, 0.4) is 0 Å². The van der Waals surface area contributed by atoms with Gasteiger partial charge in [0.1, 0.15) is 11.5 Å². The Morgan fingerprint density at radius 2 is 1.84 bits per heavy atom. The largest absolute Gasteiger partial charge is 0.497 e. The second-order valence-electron chi connectivity index (χ2n) is 8.46. The van der Waals surface area contributed by atoms with Gasteiger partial charge in [-0.1, -0.05) is 48.2 Å². The number of furan rings is 1. The van der Waals surface area contributed by atoms with Crippen LogP contribution in [0.2, 0.25) is 0 Å². The molecule has 0 atom stereocenters. The van der Waals surface area contributed by atoms with Gasteiger partial charge in [0, 0.05) is 22.6 Å². The van der Waals surface area contributed by atoms with Crippen LogP contribution in [0.5, 0.6) is 5.75 Å². The van der Waals surface area contributed by atoms with Gasteiger partial charge in [-0.05, 0) is 66.6 Å². The first-order chi connectivity index (χ1) is 18.1. The van der Waals surface area contributed by atoms with Crippen molar-refractivity contribution in [3.8, 4) is 22.8 Å². The Morgan fingerprint density at radius 1 is 1.00 bits per heavy atom. The zero-order valence-corrected chi connectivity index (χ0v) is 21.4. The van der Waals surface area contributed by atoms with E-state index in [4.69, 9.17) is 9.15 Å². The first kappa shape index (κ1) is 24.4. The summed E-state index contributed by atoms with van der Waals surface area (Å²) >= 11 is 1.59. The van der Waals surface area contributed by atoms with Crippen molar-refractivity contribution in [1.82, 2.24) is 20.1 Å². The molecule has 2 heterocycles. The highest BCUT2D eigenvalue weighted by atomic mass is 32.2. The van der Waals surface area contributed by atoms with E-state index in [1.54, 1.807) is 31.2 Å². The minimum absolute atomic E-state index is 0.141. The Bertz CT molecular complexity index is 1490. The monoisotopic (exact) mass is 510 g/mol. The van der Waals surface area contributed by atoms with Crippen LogP contribution in [0.4, 0.5) is 0 Å². The number of methoxy groups -OCH3 is 1. The van der Waals surface area contributed by atoms with Crippen LogP contribution in [0, 0.1) is 6.92 Å². The van der Waals surface area contributed by atoms with Crippen LogP contribution in [-0.4, -0.2) is 27.8 Å². The van der Waals surface area contributed by atoms with Crippen LogP contribution in [0.1, 0.15) is 27.2 Å². The summed E-state index contributed by atoms with van der Waals surface area (Å²) in [6.45, 7) is 2.42. The summed E-state index contributed by atoms with van der Waals surface area (Å²) < 4.78 is 12.8. The molecular weight excluding hydrogens is 484 g/mol. The van der Waals surface area contributed by atoms with Crippen LogP contribution < -0.4 is 10.1 Å². The van der Waals surface area contributed by atoms with E-state index in [0.717, 1.165) is 39.1 Å². The first-order valence-electron chi connectivity index (χ1n) is 11.8. The van der Waals surface area contributed by atoms with E-state index >= 15 is 0 Å². The van der Waals surface area contributed by atoms with Crippen molar-refractivity contribution in [2.45, 2.75) is 24.4 Å². The maximum Gasteiger partial charge on any atom is 0.251 e. The van der Waals surface area contributed by atoms with Gasteiger partial charge in [0.05, 0.1) is 19.9 Å². The van der Waals surface area contributed by atoms with Gasteiger partial charge in [-0.3, -0.25) is 9.36 Å². The number of hydrogen-bond donors (Lipinski definition) is 1. The lowest BCUT2D eigenvalue weighted by atomic mass is 10.1. The summed E-state index contributed by atoms with van der Waals surface area (Å²) in [4.78, 5) is 12.5. The fourth-order valence-corrected chi connectivity index (χ4v) is 4.80. The Hall–Kier alpha value is -4.30. The Kier molecular flexibility index (Phi) is 7.37. The molecule has 0 aliphatic carbocycles. The molecule has 0 saturated carbocycles. The summed E-state index contributed by atoms with van der Waals surface area (Å²) in [5.41, 5.74) is 4.75. The van der Waals surface area contributed by atoms with Gasteiger partial charge < -0.3 is 14.5 Å². The number of aryl methyl sites for hydroxylation is 1. The lowest BCUT2D eigenvalue weighted by Crippen LogP contribution is -2.22. The fourth-order valence-electron chi connectivity index (χ4n) is 3.90. The predicted octanol–water partition coefficient (Wildman–Crippen LogP) is 6.07. The molecule has 0 aliphatic heterocycles. The minimum Gasteiger partial charge on any atom is -0.497 e. The summed E-state index contributed by atoms with van der Waals surface area (Å²) in [6, 6.07) is 27.3. The predicted molar refractivity (Wildman–Crippen MR) is 144 cm³/mol. The van der Waals surface area contributed by atoms with E-state index in [1.807, 2.05) is 60.7 Å². The first-order valence-corrected chi connectivity index (χ1v) is 12.8. The van der Waals surface area contributed by atoms with Gasteiger partial charge in [0.15, 0.2) is 11.0 Å². The van der Waals surface area contributed by atoms with Crippen LogP contribution in [0.25, 0.3) is 17.1 Å². The van der Waals surface area contributed by atoms with Crippen LogP contribution in [-0.2, 0) is 12.3 Å². The van der Waals surface area contributed by atoms with Crippen molar-refractivity contribution in [1.29, 1.82) is 0 Å². The lowest BCUT2D eigenvalue weighted by molar-refractivity contribution is 0.0948. The zero-order valence-electron chi connectivity index (χ0n) is 20.5. The summed E-state index contributed by atoms with van der Waals surface area (Å²) in [5.74, 6) is 2.76. The second kappa shape index (κ2) is 11.2. The Balaban J connectivity index is 1.34. The highest BCUT2D eigenvalue weighted by Crippen LogP contribution is 2.31. The third-order valence-electron chi connectivity index (χ3n) is 5.81. The van der Waals surface area contributed by atoms with Crippen molar-refractivity contribution in [3.05, 3.63) is 114 Å². The molecule has 3 aromatic carbocycles. The number of nitrogens with one attached hydrogen (secondary N) is 1. The molecule has 8 heteroatoms. The zero-order chi connectivity index (χ0) is 25.6. The van der Waals surface area contributed by atoms with E-state index in [2.05, 4.69) is 45.2 Å². The summed E-state index contributed by atoms with van der Waals surface area (Å²) in [7, 11) is 1.65. The fraction of sp³-hybridized carbons (Fsp3) is 0.138. The van der Waals surface area contributed by atoms with Crippen molar-refractivity contribution in [2.75, 3.05) is 7.11 Å². The van der Waals surface area contributed by atoms with E-state index in [0.29, 0.717) is 23.6 Å². The Morgan fingerprint density at radius 3 is 2.59 bits per heavy atom. The molecule has 0 bridgehead atoms. The topological polar surface area (TPSA) is 82.2 Å². The number of amides is 1. The molecule has 5 rings (SSSR count). The van der Waals surface area contributed by atoms with Gasteiger partial charge in [-0.15, -0.1) is 10.2 Å². The van der Waals surface area contributed by atoms with E-state index < -0.39 is 0 Å². The molecule has 2 aromatic heterocycles. The number of nitrogens with zero attached hydrogens (tertiary/aromatic N) is 3. The van der Waals surface area contributed by atoms with Gasteiger partial charge >= 0.3 is 0 Å². The molecule has 0 spiro atoms. The van der Waals surface area contributed by atoms with Gasteiger partial charge in [0.2, 0.25) is 0 Å². The molecule has 0 aliphatic rings. The van der Waals surface area contributed by atoms with Gasteiger partial charge in [-0.25, -0.2) is 0 Å². The normalized spacial score (nSPS) is 10.9. The number of hydrogen-bond acceptors (Lipinski definition) is 6. The third-order valence-corrected chi connectivity index (χ3v) is 6.81. The molecule has 37 heavy (non-hydrogen) atoms. The SMILES string of the molecule is COc1cccc(-c2nnc(SCc3ccc(C(=O)NCc4ccco4)cc3)n2-c2cccc(C)c2)c1. The third kappa shape index (κ3) is 5.76. The molecule has 5 aromatic rings. The second-order valence-corrected chi connectivity index (χ2v) is 9.40. The standard InChI is InChI=1S/C29H26N4O3S/c1-20-6-3-8-24(16-20)33-27(23-7-4-9-25(17-23)35-2)31-32-29(33)37-19-21-11-13-22(14-12-21)28(34)30-18-26-10-5-15-36-26/h3-17H,18-19H2,1-2H3,(H,30,34). The number of benzene rings is 3. The van der Waals surface area contributed by atoms with Crippen LogP contribution in [0.15, 0.2) is 101 Å².